The molecule has 1 N–H and O–H groups in total. The van der Waals surface area contributed by atoms with E-state index >= 15 is 0 Å². The van der Waals surface area contributed by atoms with Crippen molar-refractivity contribution in [2.75, 3.05) is 4.72 Å². The fourth-order valence-electron chi connectivity index (χ4n) is 1.55. The number of nitrogens with zero attached hydrogens (tertiary/aromatic N) is 2. The first kappa shape index (κ1) is 14.3. The third kappa shape index (κ3) is 2.90. The van der Waals surface area contributed by atoms with Gasteiger partial charge in [-0.25, -0.2) is 13.4 Å². The molecule has 1 heterocycles. The van der Waals surface area contributed by atoms with Crippen molar-refractivity contribution in [3.63, 3.8) is 0 Å². The zero-order valence-electron chi connectivity index (χ0n) is 10.5. The summed E-state index contributed by atoms with van der Waals surface area (Å²) in [5.74, 6) is 0. The third-order valence-electron chi connectivity index (χ3n) is 2.64. The number of benzene rings is 1. The molecule has 0 aliphatic rings. The summed E-state index contributed by atoms with van der Waals surface area (Å²) in [5, 5.41) is 8.78. The van der Waals surface area contributed by atoms with Gasteiger partial charge >= 0.3 is 0 Å². The highest BCUT2D eigenvalue weighted by Gasteiger charge is 2.17. The van der Waals surface area contributed by atoms with Gasteiger partial charge in [0.05, 0.1) is 22.2 Å². The molecule has 0 amide bonds. The molecule has 0 spiro atoms. The minimum Gasteiger partial charge on any atom is -0.276 e. The van der Waals surface area contributed by atoms with E-state index in [0.717, 1.165) is 0 Å². The standard InChI is InChI=1S/C13H10ClN3O2S/c1-9-6-7-16-13(14)12(9)17-20(18,19)11-4-2-10(8-15)3-5-11/h2-7,17H,1H3. The first-order chi connectivity index (χ1) is 9.44. The molecule has 2 aromatic rings. The molecule has 0 aliphatic carbocycles. The van der Waals surface area contributed by atoms with E-state index in [1.807, 2.05) is 6.07 Å². The highest BCUT2D eigenvalue weighted by atomic mass is 35.5. The number of hydrogen-bond donors (Lipinski definition) is 1. The average Bonchev–Trinajstić information content (AvgIpc) is 2.43. The molecule has 0 unspecified atom stereocenters. The number of aromatic nitrogens is 1. The number of anilines is 1. The summed E-state index contributed by atoms with van der Waals surface area (Å²) >= 11 is 5.89. The van der Waals surface area contributed by atoms with E-state index in [9.17, 15) is 8.42 Å². The summed E-state index contributed by atoms with van der Waals surface area (Å²) in [7, 11) is -3.77. The molecule has 7 heteroatoms. The van der Waals surface area contributed by atoms with Gasteiger partial charge in [-0.1, -0.05) is 11.6 Å². The molecule has 1 aromatic heterocycles. The van der Waals surface area contributed by atoms with Crippen LogP contribution in [0.2, 0.25) is 5.15 Å². The van der Waals surface area contributed by atoms with Gasteiger partial charge in [0, 0.05) is 6.20 Å². The topological polar surface area (TPSA) is 82.8 Å². The van der Waals surface area contributed by atoms with E-state index in [4.69, 9.17) is 16.9 Å². The van der Waals surface area contributed by atoms with Crippen LogP contribution in [0.3, 0.4) is 0 Å². The second-order valence-electron chi connectivity index (χ2n) is 4.04. The largest absolute Gasteiger partial charge is 0.276 e. The van der Waals surface area contributed by atoms with Crippen LogP contribution in [-0.4, -0.2) is 13.4 Å². The van der Waals surface area contributed by atoms with Gasteiger partial charge < -0.3 is 0 Å². The molecule has 1 aromatic carbocycles. The molecule has 0 saturated carbocycles. The summed E-state index contributed by atoms with van der Waals surface area (Å²) < 4.78 is 26.9. The van der Waals surface area contributed by atoms with Crippen LogP contribution in [-0.2, 0) is 10.0 Å². The van der Waals surface area contributed by atoms with Crippen LogP contribution in [0.25, 0.3) is 0 Å². The molecule has 5 nitrogen and oxygen atoms in total. The van der Waals surface area contributed by atoms with Crippen molar-refractivity contribution >= 4 is 27.3 Å². The number of aryl methyl sites for hydroxylation is 1. The Bertz CT molecular complexity index is 760. The maximum Gasteiger partial charge on any atom is 0.262 e. The Kier molecular flexibility index (Phi) is 3.93. The van der Waals surface area contributed by atoms with Crippen LogP contribution in [0.4, 0.5) is 5.69 Å². The Morgan fingerprint density at radius 1 is 1.25 bits per heavy atom. The van der Waals surface area contributed by atoms with Gasteiger partial charge in [0.2, 0.25) is 0 Å². The van der Waals surface area contributed by atoms with Crippen molar-refractivity contribution in [3.05, 3.63) is 52.8 Å². The molecule has 0 atom stereocenters. The fraction of sp³-hybridized carbons (Fsp3) is 0.0769. The van der Waals surface area contributed by atoms with E-state index in [2.05, 4.69) is 9.71 Å². The van der Waals surface area contributed by atoms with E-state index in [-0.39, 0.29) is 15.7 Å². The number of pyridine rings is 1. The van der Waals surface area contributed by atoms with Crippen molar-refractivity contribution in [1.82, 2.24) is 4.98 Å². The van der Waals surface area contributed by atoms with Gasteiger partial charge in [0.15, 0.2) is 5.15 Å². The number of hydrogen-bond acceptors (Lipinski definition) is 4. The van der Waals surface area contributed by atoms with Crippen molar-refractivity contribution in [1.29, 1.82) is 5.26 Å². The smallest absolute Gasteiger partial charge is 0.262 e. The number of halogens is 1. The molecular weight excluding hydrogens is 298 g/mol. The Labute approximate surface area is 121 Å². The molecule has 0 fully saturated rings. The Hall–Kier alpha value is -2.10. The summed E-state index contributed by atoms with van der Waals surface area (Å²) in [6.07, 6.45) is 1.50. The summed E-state index contributed by atoms with van der Waals surface area (Å²) in [4.78, 5) is 3.89. The molecule has 2 rings (SSSR count). The molecule has 0 bridgehead atoms. The van der Waals surface area contributed by atoms with Crippen LogP contribution >= 0.6 is 11.6 Å². The number of nitriles is 1. The minimum atomic E-state index is -3.77. The monoisotopic (exact) mass is 307 g/mol. The third-order valence-corrected chi connectivity index (χ3v) is 4.30. The maximum atomic E-state index is 12.2. The Morgan fingerprint density at radius 3 is 2.45 bits per heavy atom. The zero-order valence-corrected chi connectivity index (χ0v) is 12.0. The van der Waals surface area contributed by atoms with Crippen LogP contribution in [0.15, 0.2) is 41.4 Å². The summed E-state index contributed by atoms with van der Waals surface area (Å²) in [6.45, 7) is 1.73. The van der Waals surface area contributed by atoms with Gasteiger partial charge in [0.1, 0.15) is 0 Å². The van der Waals surface area contributed by atoms with E-state index < -0.39 is 10.0 Å². The van der Waals surface area contributed by atoms with Gasteiger partial charge in [-0.05, 0) is 42.8 Å². The Morgan fingerprint density at radius 2 is 1.90 bits per heavy atom. The van der Waals surface area contributed by atoms with Crippen LogP contribution in [0.1, 0.15) is 11.1 Å². The van der Waals surface area contributed by atoms with E-state index in [1.165, 1.54) is 30.5 Å². The van der Waals surface area contributed by atoms with Crippen molar-refractivity contribution in [3.8, 4) is 6.07 Å². The normalized spacial score (nSPS) is 10.8. The summed E-state index contributed by atoms with van der Waals surface area (Å²) in [5.41, 5.74) is 1.31. The highest BCUT2D eigenvalue weighted by molar-refractivity contribution is 7.92. The minimum absolute atomic E-state index is 0.0517. The van der Waals surface area contributed by atoms with E-state index in [1.54, 1.807) is 13.0 Å². The Balaban J connectivity index is 2.38. The second kappa shape index (κ2) is 5.49. The molecule has 102 valence electrons. The van der Waals surface area contributed by atoms with Crippen molar-refractivity contribution in [2.24, 2.45) is 0 Å². The van der Waals surface area contributed by atoms with Crippen LogP contribution < -0.4 is 4.72 Å². The molecule has 20 heavy (non-hydrogen) atoms. The van der Waals surface area contributed by atoms with Gasteiger partial charge in [-0.2, -0.15) is 5.26 Å². The first-order valence-corrected chi connectivity index (χ1v) is 7.44. The fourth-order valence-corrected chi connectivity index (χ4v) is 3.00. The van der Waals surface area contributed by atoms with Gasteiger partial charge in [-0.15, -0.1) is 0 Å². The number of rotatable bonds is 3. The quantitative estimate of drug-likeness (QED) is 0.884. The SMILES string of the molecule is Cc1ccnc(Cl)c1NS(=O)(=O)c1ccc(C#N)cc1. The van der Waals surface area contributed by atoms with E-state index in [0.29, 0.717) is 11.1 Å². The lowest BCUT2D eigenvalue weighted by molar-refractivity contribution is 0.601. The van der Waals surface area contributed by atoms with Crippen molar-refractivity contribution in [2.45, 2.75) is 11.8 Å². The number of sulfonamides is 1. The number of nitrogens with one attached hydrogen (secondary N) is 1. The molecular formula is C13H10ClN3O2S. The highest BCUT2D eigenvalue weighted by Crippen LogP contribution is 2.25. The first-order valence-electron chi connectivity index (χ1n) is 5.58. The predicted molar refractivity (Wildman–Crippen MR) is 75.9 cm³/mol. The lowest BCUT2D eigenvalue weighted by atomic mass is 10.2. The average molecular weight is 308 g/mol. The second-order valence-corrected chi connectivity index (χ2v) is 6.08. The van der Waals surface area contributed by atoms with Crippen molar-refractivity contribution < 1.29 is 8.42 Å². The lowest BCUT2D eigenvalue weighted by Gasteiger charge is -2.11. The zero-order chi connectivity index (χ0) is 14.8. The maximum absolute atomic E-state index is 12.2. The molecule has 0 saturated heterocycles. The lowest BCUT2D eigenvalue weighted by Crippen LogP contribution is -2.14. The molecule has 0 radical (unpaired) electrons. The van der Waals surface area contributed by atoms with Crippen LogP contribution in [0, 0.1) is 18.3 Å². The van der Waals surface area contributed by atoms with Gasteiger partial charge in [-0.3, -0.25) is 4.72 Å². The molecule has 0 aliphatic heterocycles. The summed E-state index contributed by atoms with van der Waals surface area (Å²) in [6, 6.07) is 9.18. The van der Waals surface area contributed by atoms with Crippen LogP contribution in [0.5, 0.6) is 0 Å². The van der Waals surface area contributed by atoms with Gasteiger partial charge in [0.25, 0.3) is 10.0 Å². The predicted octanol–water partition coefficient (Wildman–Crippen LogP) is 2.72.